The Bertz CT molecular complexity index is 978. The maximum absolute atomic E-state index is 7.61. The van der Waals surface area contributed by atoms with E-state index in [0.29, 0.717) is 5.84 Å². The fraction of sp³-hybridized carbons (Fsp3) is 0.125. The van der Waals surface area contributed by atoms with Crippen LogP contribution in [-0.4, -0.2) is 25.8 Å². The molecular formula is C24H26N4. The molecule has 0 aliphatic carbocycles. The molecule has 2 rings (SSSR count). The summed E-state index contributed by atoms with van der Waals surface area (Å²) in [6, 6.07) is 12.1. The summed E-state index contributed by atoms with van der Waals surface area (Å²) in [5, 5.41) is 10.7. The van der Waals surface area contributed by atoms with Crippen LogP contribution in [-0.2, 0) is 0 Å². The largest absolute Gasteiger partial charge is 0.388 e. The van der Waals surface area contributed by atoms with Gasteiger partial charge in [-0.25, -0.2) is 9.98 Å². The van der Waals surface area contributed by atoms with Crippen LogP contribution >= 0.6 is 0 Å². The molecule has 0 fully saturated rings. The first-order valence-electron chi connectivity index (χ1n) is 9.02. The van der Waals surface area contributed by atoms with Crippen molar-refractivity contribution in [1.82, 2.24) is 0 Å². The molecule has 0 saturated carbocycles. The van der Waals surface area contributed by atoms with Crippen molar-refractivity contribution in [2.24, 2.45) is 9.98 Å². The number of allylic oxidation sites excluding steroid dienone is 3. The third kappa shape index (κ3) is 4.80. The quantitative estimate of drug-likeness (QED) is 0.344. The normalized spacial score (nSPS) is 12.1. The van der Waals surface area contributed by atoms with Crippen molar-refractivity contribution in [1.29, 1.82) is 5.41 Å². The van der Waals surface area contributed by atoms with Gasteiger partial charge in [-0.3, -0.25) is 0 Å². The van der Waals surface area contributed by atoms with Crippen molar-refractivity contribution in [3.8, 4) is 11.1 Å². The summed E-state index contributed by atoms with van der Waals surface area (Å²) in [5.41, 5.74) is 6.59. The van der Waals surface area contributed by atoms with Gasteiger partial charge < -0.3 is 10.7 Å². The maximum atomic E-state index is 7.61. The average molecular weight is 371 g/mol. The molecule has 0 aliphatic rings. The predicted octanol–water partition coefficient (Wildman–Crippen LogP) is 6.12. The lowest BCUT2D eigenvalue weighted by Gasteiger charge is -2.10. The standard InChI is InChI=1S/C24H26N4/c1-6-8-9-18(7-2)24(27-5)28-22-12-10-19(14-17(22)3)20-11-13-23(26-4)21(15-20)16-25/h6-16,25-26H,2,5H2,1,3-4H3/b8-6-,18-9+,25-16?,28-24?. The van der Waals surface area contributed by atoms with Crippen LogP contribution in [0.15, 0.2) is 82.8 Å². The Labute approximate surface area is 167 Å². The molecule has 4 heteroatoms. The van der Waals surface area contributed by atoms with Gasteiger partial charge in [0.2, 0.25) is 0 Å². The van der Waals surface area contributed by atoms with Crippen LogP contribution in [0.25, 0.3) is 11.1 Å². The van der Waals surface area contributed by atoms with Crippen LogP contribution in [0, 0.1) is 12.3 Å². The molecule has 0 atom stereocenters. The predicted molar refractivity (Wildman–Crippen MR) is 124 cm³/mol. The molecule has 0 spiro atoms. The Morgan fingerprint density at radius 2 is 1.86 bits per heavy atom. The molecule has 0 radical (unpaired) electrons. The minimum atomic E-state index is 0.536. The van der Waals surface area contributed by atoms with Gasteiger partial charge in [0.1, 0.15) is 0 Å². The fourth-order valence-corrected chi connectivity index (χ4v) is 2.79. The second-order valence-electron chi connectivity index (χ2n) is 6.14. The van der Waals surface area contributed by atoms with Gasteiger partial charge in [0.25, 0.3) is 0 Å². The number of aliphatic imine (C=N–C) groups is 2. The number of hydrogen-bond donors (Lipinski definition) is 2. The molecular weight excluding hydrogens is 344 g/mol. The zero-order chi connectivity index (χ0) is 20.5. The van der Waals surface area contributed by atoms with Crippen LogP contribution in [0.1, 0.15) is 18.1 Å². The molecule has 0 amide bonds. The molecule has 28 heavy (non-hydrogen) atoms. The van der Waals surface area contributed by atoms with Crippen LogP contribution in [0.2, 0.25) is 0 Å². The average Bonchev–Trinajstić information content (AvgIpc) is 2.73. The highest BCUT2D eigenvalue weighted by Crippen LogP contribution is 2.29. The van der Waals surface area contributed by atoms with E-state index in [4.69, 9.17) is 5.41 Å². The van der Waals surface area contributed by atoms with E-state index in [-0.39, 0.29) is 0 Å². The fourth-order valence-electron chi connectivity index (χ4n) is 2.79. The second kappa shape index (κ2) is 9.97. The van der Waals surface area contributed by atoms with E-state index in [9.17, 15) is 0 Å². The molecule has 2 N–H and O–H groups in total. The molecule has 0 aliphatic heterocycles. The first-order chi connectivity index (χ1) is 13.6. The van der Waals surface area contributed by atoms with Crippen molar-refractivity contribution in [2.45, 2.75) is 13.8 Å². The van der Waals surface area contributed by atoms with Gasteiger partial charge in [0.05, 0.1) is 5.69 Å². The van der Waals surface area contributed by atoms with Gasteiger partial charge >= 0.3 is 0 Å². The Morgan fingerprint density at radius 1 is 1.14 bits per heavy atom. The summed E-state index contributed by atoms with van der Waals surface area (Å²) in [6.07, 6.45) is 8.85. The number of nitrogens with one attached hydrogen (secondary N) is 2. The van der Waals surface area contributed by atoms with E-state index in [1.807, 2.05) is 69.5 Å². The van der Waals surface area contributed by atoms with Crippen LogP contribution in [0.5, 0.6) is 0 Å². The minimum absolute atomic E-state index is 0.536. The minimum Gasteiger partial charge on any atom is -0.388 e. The first-order valence-corrected chi connectivity index (χ1v) is 9.02. The molecule has 2 aromatic carbocycles. The number of nitrogens with zero attached hydrogens (tertiary/aromatic N) is 2. The molecule has 4 nitrogen and oxygen atoms in total. The summed E-state index contributed by atoms with van der Waals surface area (Å²) >= 11 is 0. The smallest absolute Gasteiger partial charge is 0.159 e. The van der Waals surface area contributed by atoms with Gasteiger partial charge in [-0.1, -0.05) is 43.0 Å². The number of rotatable bonds is 7. The van der Waals surface area contributed by atoms with Crippen LogP contribution < -0.4 is 5.32 Å². The Hall–Kier alpha value is -3.53. The van der Waals surface area contributed by atoms with Gasteiger partial charge in [-0.15, -0.1) is 0 Å². The molecule has 0 bridgehead atoms. The van der Waals surface area contributed by atoms with Crippen molar-refractivity contribution < 1.29 is 0 Å². The monoisotopic (exact) mass is 370 g/mol. The number of amidine groups is 1. The van der Waals surface area contributed by atoms with Crippen molar-refractivity contribution >= 4 is 30.1 Å². The van der Waals surface area contributed by atoms with Crippen LogP contribution in [0.3, 0.4) is 0 Å². The number of aryl methyl sites for hydroxylation is 1. The molecule has 2 aromatic rings. The van der Waals surface area contributed by atoms with E-state index in [1.165, 1.54) is 6.21 Å². The van der Waals surface area contributed by atoms with Gasteiger partial charge in [0.15, 0.2) is 5.84 Å². The SMILES string of the molecule is C=C/C(=C\C=C/C)C(N=C)=Nc1ccc(-c2ccc(NC)c(C=N)c2)cc1C. The van der Waals surface area contributed by atoms with E-state index in [0.717, 1.165) is 39.2 Å². The van der Waals surface area contributed by atoms with E-state index in [2.05, 4.69) is 34.7 Å². The highest BCUT2D eigenvalue weighted by Gasteiger charge is 2.07. The van der Waals surface area contributed by atoms with Crippen molar-refractivity contribution in [2.75, 3.05) is 12.4 Å². The third-order valence-electron chi connectivity index (χ3n) is 4.33. The summed E-state index contributed by atoms with van der Waals surface area (Å²) in [5.74, 6) is 0.536. The summed E-state index contributed by atoms with van der Waals surface area (Å²) in [7, 11) is 1.85. The summed E-state index contributed by atoms with van der Waals surface area (Å²) < 4.78 is 0. The zero-order valence-electron chi connectivity index (χ0n) is 16.7. The van der Waals surface area contributed by atoms with Crippen LogP contribution in [0.4, 0.5) is 11.4 Å². The summed E-state index contributed by atoms with van der Waals surface area (Å²) in [4.78, 5) is 8.73. The Kier molecular flexibility index (Phi) is 7.40. The topological polar surface area (TPSA) is 60.6 Å². The molecule has 0 unspecified atom stereocenters. The Balaban J connectivity index is 2.45. The first kappa shape index (κ1) is 20.8. The van der Waals surface area contributed by atoms with Crippen molar-refractivity contribution in [3.05, 3.63) is 84.0 Å². The number of hydrogen-bond acceptors (Lipinski definition) is 3. The molecule has 0 aromatic heterocycles. The number of benzene rings is 2. The maximum Gasteiger partial charge on any atom is 0.159 e. The van der Waals surface area contributed by atoms with Gasteiger partial charge in [0, 0.05) is 30.1 Å². The second-order valence-corrected chi connectivity index (χ2v) is 6.14. The molecule has 142 valence electrons. The Morgan fingerprint density at radius 3 is 2.43 bits per heavy atom. The highest BCUT2D eigenvalue weighted by atomic mass is 14.9. The molecule has 0 saturated heterocycles. The van der Waals surface area contributed by atoms with Gasteiger partial charge in [-0.2, -0.15) is 0 Å². The highest BCUT2D eigenvalue weighted by molar-refractivity contribution is 6.04. The third-order valence-corrected chi connectivity index (χ3v) is 4.33. The van der Waals surface area contributed by atoms with E-state index in [1.54, 1.807) is 6.08 Å². The lowest BCUT2D eigenvalue weighted by molar-refractivity contribution is 1.37. The lowest BCUT2D eigenvalue weighted by atomic mass is 10.00. The zero-order valence-corrected chi connectivity index (χ0v) is 16.7. The van der Waals surface area contributed by atoms with Crippen molar-refractivity contribution in [3.63, 3.8) is 0 Å². The number of anilines is 1. The molecule has 0 heterocycles. The summed E-state index contributed by atoms with van der Waals surface area (Å²) in [6.45, 7) is 11.4. The van der Waals surface area contributed by atoms with E-state index >= 15 is 0 Å². The van der Waals surface area contributed by atoms with Gasteiger partial charge in [-0.05, 0) is 61.5 Å². The van der Waals surface area contributed by atoms with E-state index < -0.39 is 0 Å². The lowest BCUT2D eigenvalue weighted by Crippen LogP contribution is -1.96.